The maximum atomic E-state index is 13.0. The highest BCUT2D eigenvalue weighted by atomic mass is 32.1. The predicted molar refractivity (Wildman–Crippen MR) is 106 cm³/mol. The zero-order valence-corrected chi connectivity index (χ0v) is 16.3. The number of ether oxygens (including phenoxy) is 1. The molecule has 0 bridgehead atoms. The molecule has 0 N–H and O–H groups in total. The summed E-state index contributed by atoms with van der Waals surface area (Å²) in [7, 11) is 1.70. The lowest BCUT2D eigenvalue weighted by Gasteiger charge is -2.10. The van der Waals surface area contributed by atoms with E-state index in [0.29, 0.717) is 0 Å². The molecule has 0 fully saturated rings. The molecule has 0 atom stereocenters. The zero-order chi connectivity index (χ0) is 18.4. The average molecular weight is 357 g/mol. The number of methoxy groups -OCH3 is 1. The Labute approximate surface area is 154 Å². The van der Waals surface area contributed by atoms with E-state index < -0.39 is 0 Å². The molecular weight excluding hydrogens is 331 g/mol. The summed E-state index contributed by atoms with van der Waals surface area (Å²) in [4.78, 5) is 2.47. The van der Waals surface area contributed by atoms with Gasteiger partial charge in [0.1, 0.15) is 11.6 Å². The molecule has 0 saturated heterocycles. The topological polar surface area (TPSA) is 9.23 Å². The van der Waals surface area contributed by atoms with Crippen LogP contribution in [0.1, 0.15) is 35.4 Å². The molecule has 0 aliphatic carbocycles. The summed E-state index contributed by atoms with van der Waals surface area (Å²) in [5.74, 6) is 0.735. The van der Waals surface area contributed by atoms with Crippen LogP contribution in [0.15, 0.2) is 48.5 Å². The van der Waals surface area contributed by atoms with E-state index in [4.69, 9.17) is 4.74 Å². The Morgan fingerprint density at radius 3 is 2.24 bits per heavy atom. The van der Waals surface area contributed by atoms with Crippen LogP contribution in [0.25, 0.3) is 10.4 Å². The van der Waals surface area contributed by atoms with Crippen molar-refractivity contribution < 1.29 is 9.13 Å². The first-order chi connectivity index (χ1) is 12.1. The summed E-state index contributed by atoms with van der Waals surface area (Å²) in [5.41, 5.74) is 4.77. The van der Waals surface area contributed by atoms with Gasteiger partial charge in [-0.25, -0.2) is 4.39 Å². The van der Waals surface area contributed by atoms with Gasteiger partial charge in [0.05, 0.1) is 7.11 Å². The molecule has 132 valence electrons. The van der Waals surface area contributed by atoms with Gasteiger partial charge in [0, 0.05) is 16.2 Å². The lowest BCUT2D eigenvalue weighted by molar-refractivity contribution is 0.411. The van der Waals surface area contributed by atoms with E-state index in [1.54, 1.807) is 18.4 Å². The summed E-state index contributed by atoms with van der Waals surface area (Å²) in [6.07, 6.45) is 0.905. The first-order valence-corrected chi connectivity index (χ1v) is 9.37. The Bertz CT molecular complexity index is 819. The second kappa shape index (κ2) is 8.82. The van der Waals surface area contributed by atoms with Crippen LogP contribution >= 0.6 is 11.3 Å². The van der Waals surface area contributed by atoms with Gasteiger partial charge in [0.2, 0.25) is 0 Å². The number of thiophene rings is 1. The van der Waals surface area contributed by atoms with Crippen LogP contribution < -0.4 is 4.74 Å². The van der Waals surface area contributed by atoms with Crippen LogP contribution in [0.5, 0.6) is 5.75 Å². The summed E-state index contributed by atoms with van der Waals surface area (Å²) in [6.45, 7) is 8.19. The normalized spacial score (nSPS) is 10.2. The fourth-order valence-electron chi connectivity index (χ4n) is 2.69. The molecule has 3 heteroatoms. The fourth-order valence-corrected chi connectivity index (χ4v) is 3.73. The molecule has 25 heavy (non-hydrogen) atoms. The van der Waals surface area contributed by atoms with Crippen molar-refractivity contribution in [1.82, 2.24) is 0 Å². The van der Waals surface area contributed by atoms with Gasteiger partial charge < -0.3 is 4.74 Å². The highest BCUT2D eigenvalue weighted by Gasteiger charge is 2.08. The van der Waals surface area contributed by atoms with Crippen molar-refractivity contribution in [2.75, 3.05) is 7.11 Å². The van der Waals surface area contributed by atoms with Crippen molar-refractivity contribution in [3.05, 3.63) is 75.9 Å². The Balaban J connectivity index is 0.00000109. The molecule has 1 aromatic heterocycles. The summed E-state index contributed by atoms with van der Waals surface area (Å²) in [6, 6.07) is 15.2. The van der Waals surface area contributed by atoms with Crippen LogP contribution in [0, 0.1) is 19.7 Å². The summed E-state index contributed by atoms with van der Waals surface area (Å²) < 4.78 is 18.4. The zero-order valence-electron chi connectivity index (χ0n) is 15.5. The van der Waals surface area contributed by atoms with Crippen LogP contribution in [-0.4, -0.2) is 7.11 Å². The Morgan fingerprint density at radius 1 is 0.920 bits per heavy atom. The largest absolute Gasteiger partial charge is 0.496 e. The van der Waals surface area contributed by atoms with E-state index in [2.05, 4.69) is 38.1 Å². The maximum Gasteiger partial charge on any atom is 0.123 e. The molecule has 3 rings (SSSR count). The van der Waals surface area contributed by atoms with Crippen LogP contribution in [0.4, 0.5) is 4.39 Å². The van der Waals surface area contributed by atoms with Gasteiger partial charge in [-0.15, -0.1) is 11.3 Å². The maximum absolute atomic E-state index is 13.0. The van der Waals surface area contributed by atoms with Crippen molar-refractivity contribution in [2.45, 2.75) is 34.1 Å². The third-order valence-electron chi connectivity index (χ3n) is 4.01. The first-order valence-electron chi connectivity index (χ1n) is 8.55. The van der Waals surface area contributed by atoms with Crippen LogP contribution in [0.3, 0.4) is 0 Å². The molecule has 2 aromatic carbocycles. The molecule has 0 aliphatic heterocycles. The molecule has 3 aromatic rings. The number of benzene rings is 2. The van der Waals surface area contributed by atoms with Gasteiger partial charge in [-0.2, -0.15) is 0 Å². The van der Waals surface area contributed by atoms with E-state index in [9.17, 15) is 4.39 Å². The van der Waals surface area contributed by atoms with Crippen molar-refractivity contribution in [2.24, 2.45) is 0 Å². The quantitative estimate of drug-likeness (QED) is 0.499. The molecular formula is C22H25FOS. The molecule has 0 unspecified atom stereocenters. The van der Waals surface area contributed by atoms with E-state index in [1.165, 1.54) is 33.0 Å². The second-order valence-electron chi connectivity index (χ2n) is 5.70. The van der Waals surface area contributed by atoms with Gasteiger partial charge in [-0.05, 0) is 66.4 Å². The Hall–Kier alpha value is -2.13. The fraction of sp³-hybridized carbons (Fsp3) is 0.273. The van der Waals surface area contributed by atoms with Crippen LogP contribution in [0.2, 0.25) is 0 Å². The highest BCUT2D eigenvalue weighted by Crippen LogP contribution is 2.31. The molecule has 0 spiro atoms. The van der Waals surface area contributed by atoms with Crippen molar-refractivity contribution in [3.8, 4) is 16.2 Å². The molecule has 0 saturated carbocycles. The number of halogens is 1. The lowest BCUT2D eigenvalue weighted by atomic mass is 10.0. The third-order valence-corrected chi connectivity index (χ3v) is 5.14. The van der Waals surface area contributed by atoms with E-state index >= 15 is 0 Å². The van der Waals surface area contributed by atoms with Crippen LogP contribution in [-0.2, 0) is 6.42 Å². The summed E-state index contributed by atoms with van der Waals surface area (Å²) in [5, 5.41) is 0. The Kier molecular flexibility index (Phi) is 6.77. The number of rotatable bonds is 4. The minimum atomic E-state index is -0.199. The minimum Gasteiger partial charge on any atom is -0.496 e. The summed E-state index contributed by atoms with van der Waals surface area (Å²) >= 11 is 1.76. The average Bonchev–Trinajstić information content (AvgIpc) is 3.09. The van der Waals surface area contributed by atoms with Crippen molar-refractivity contribution in [3.63, 3.8) is 0 Å². The van der Waals surface area contributed by atoms with E-state index in [-0.39, 0.29) is 5.82 Å². The number of hydrogen-bond donors (Lipinski definition) is 0. The second-order valence-corrected chi connectivity index (χ2v) is 6.87. The molecule has 1 nitrogen and oxygen atoms in total. The van der Waals surface area contributed by atoms with Gasteiger partial charge in [0.15, 0.2) is 0 Å². The Morgan fingerprint density at radius 2 is 1.60 bits per heavy atom. The number of aryl methyl sites for hydroxylation is 2. The standard InChI is InChI=1S/C20H19FOS.C2H6/c1-13-11-19(22-3)14(2)10-16(13)12-18-8-9-20(23-18)15-4-6-17(21)7-5-15;1-2/h4-11H,12H2,1-3H3;1-2H3. The minimum absolute atomic E-state index is 0.199. The molecule has 0 amide bonds. The lowest BCUT2D eigenvalue weighted by Crippen LogP contribution is -1.94. The van der Waals surface area contributed by atoms with Gasteiger partial charge >= 0.3 is 0 Å². The van der Waals surface area contributed by atoms with Gasteiger partial charge in [-0.3, -0.25) is 0 Å². The molecule has 1 heterocycles. The predicted octanol–water partition coefficient (Wildman–Crippen LogP) is 6.80. The van der Waals surface area contributed by atoms with Crippen molar-refractivity contribution in [1.29, 1.82) is 0 Å². The van der Waals surface area contributed by atoms with E-state index in [0.717, 1.165) is 23.3 Å². The van der Waals surface area contributed by atoms with Crippen molar-refractivity contribution >= 4 is 11.3 Å². The first kappa shape index (κ1) is 19.2. The van der Waals surface area contributed by atoms with Gasteiger partial charge in [-0.1, -0.05) is 32.0 Å². The van der Waals surface area contributed by atoms with Gasteiger partial charge in [0.25, 0.3) is 0 Å². The number of hydrogen-bond acceptors (Lipinski definition) is 2. The monoisotopic (exact) mass is 356 g/mol. The highest BCUT2D eigenvalue weighted by molar-refractivity contribution is 7.15. The SMILES string of the molecule is CC.COc1cc(C)c(Cc2ccc(-c3ccc(F)cc3)s2)cc1C. The smallest absolute Gasteiger partial charge is 0.123 e. The molecule has 0 aliphatic rings. The van der Waals surface area contributed by atoms with E-state index in [1.807, 2.05) is 26.0 Å². The third kappa shape index (κ3) is 4.70. The molecule has 0 radical (unpaired) electrons.